The third kappa shape index (κ3) is 9.78. The van der Waals surface area contributed by atoms with E-state index in [1.54, 1.807) is 24.3 Å². The van der Waals surface area contributed by atoms with Gasteiger partial charge in [-0.2, -0.15) is 0 Å². The van der Waals surface area contributed by atoms with Crippen molar-refractivity contribution in [3.63, 3.8) is 0 Å². The number of hydrogen-bond acceptors (Lipinski definition) is 7. The minimum absolute atomic E-state index is 0.0900. The Morgan fingerprint density at radius 2 is 1.52 bits per heavy atom. The summed E-state index contributed by atoms with van der Waals surface area (Å²) >= 11 is 0. The molecular formula is C39H47N3O7S. The predicted octanol–water partition coefficient (Wildman–Crippen LogP) is 6.16. The van der Waals surface area contributed by atoms with Crippen molar-refractivity contribution in [2.75, 3.05) is 38.2 Å². The predicted molar refractivity (Wildman–Crippen MR) is 195 cm³/mol. The van der Waals surface area contributed by atoms with Crippen molar-refractivity contribution in [1.29, 1.82) is 0 Å². The van der Waals surface area contributed by atoms with E-state index in [0.29, 0.717) is 24.7 Å². The number of amides is 2. The molecule has 0 heterocycles. The summed E-state index contributed by atoms with van der Waals surface area (Å²) < 4.78 is 46.4. The number of nitrogens with one attached hydrogen (secondary N) is 1. The molecule has 0 saturated heterocycles. The van der Waals surface area contributed by atoms with Crippen LogP contribution in [0.2, 0.25) is 0 Å². The van der Waals surface area contributed by atoms with Gasteiger partial charge < -0.3 is 24.4 Å². The fourth-order valence-corrected chi connectivity index (χ4v) is 7.01. The first-order chi connectivity index (χ1) is 24.1. The van der Waals surface area contributed by atoms with Gasteiger partial charge in [-0.25, -0.2) is 8.42 Å². The zero-order chi connectivity index (χ0) is 36.1. The zero-order valence-corrected chi connectivity index (χ0v) is 30.2. The molecule has 0 aliphatic rings. The second-order valence-corrected chi connectivity index (χ2v) is 13.7. The number of anilines is 1. The van der Waals surface area contributed by atoms with Crippen molar-refractivity contribution in [2.45, 2.75) is 57.5 Å². The average Bonchev–Trinajstić information content (AvgIpc) is 3.12. The molecule has 50 heavy (non-hydrogen) atoms. The zero-order valence-electron chi connectivity index (χ0n) is 29.4. The van der Waals surface area contributed by atoms with Gasteiger partial charge in [0.1, 0.15) is 18.3 Å². The maximum atomic E-state index is 14.7. The Labute approximate surface area is 296 Å². The average molecular weight is 702 g/mol. The molecule has 1 N–H and O–H groups in total. The van der Waals surface area contributed by atoms with E-state index in [1.807, 2.05) is 75.4 Å². The maximum Gasteiger partial charge on any atom is 0.264 e. The Balaban J connectivity index is 1.82. The molecule has 4 aromatic rings. The lowest BCUT2D eigenvalue weighted by atomic mass is 10.0. The van der Waals surface area contributed by atoms with Gasteiger partial charge >= 0.3 is 0 Å². The Kier molecular flexibility index (Phi) is 13.7. The number of nitrogens with zero attached hydrogens (tertiary/aromatic N) is 2. The summed E-state index contributed by atoms with van der Waals surface area (Å²) in [5.41, 5.74) is 2.92. The summed E-state index contributed by atoms with van der Waals surface area (Å²) in [6.07, 6.45) is 1.91. The fraction of sp³-hybridized carbons (Fsp3) is 0.333. The normalized spacial score (nSPS) is 11.7. The van der Waals surface area contributed by atoms with Crippen molar-refractivity contribution in [3.8, 4) is 17.2 Å². The lowest BCUT2D eigenvalue weighted by Gasteiger charge is -2.34. The number of benzene rings is 4. The van der Waals surface area contributed by atoms with Gasteiger partial charge in [0.15, 0.2) is 11.5 Å². The van der Waals surface area contributed by atoms with Crippen LogP contribution in [0, 0.1) is 6.92 Å². The second kappa shape index (κ2) is 18.1. The highest BCUT2D eigenvalue weighted by Crippen LogP contribution is 2.33. The molecule has 11 heteroatoms. The van der Waals surface area contributed by atoms with E-state index in [-0.39, 0.29) is 35.2 Å². The second-order valence-electron chi connectivity index (χ2n) is 11.8. The molecular weight excluding hydrogens is 655 g/mol. The standard InChI is InChI=1S/C39H47N3O7S/c1-6-8-23-40-39(44)35(25-30-14-10-9-11-15-30)41(27-31-16-12-13-29(3)24-31)38(43)28-42(32-17-19-33(20-18-32)49-7-2)50(45,46)34-21-22-36(47-4)37(26-34)48-5/h9-22,24,26,35H,6-8,23,25,27-28H2,1-5H3,(H,40,44)/t35-/m0/s1. The van der Waals surface area contributed by atoms with Gasteiger partial charge in [-0.15, -0.1) is 0 Å². The quantitative estimate of drug-likeness (QED) is 0.124. The first-order valence-electron chi connectivity index (χ1n) is 16.8. The summed E-state index contributed by atoms with van der Waals surface area (Å²) in [5, 5.41) is 3.01. The molecule has 4 rings (SSSR count). The Hall–Kier alpha value is -5.03. The Morgan fingerprint density at radius 1 is 0.820 bits per heavy atom. The molecule has 266 valence electrons. The highest BCUT2D eigenvalue weighted by molar-refractivity contribution is 7.92. The lowest BCUT2D eigenvalue weighted by molar-refractivity contribution is -0.140. The van der Waals surface area contributed by atoms with Crippen LogP contribution in [0.4, 0.5) is 5.69 Å². The van der Waals surface area contributed by atoms with Crippen molar-refractivity contribution in [3.05, 3.63) is 114 Å². The van der Waals surface area contributed by atoms with Crippen LogP contribution in [0.15, 0.2) is 102 Å². The topological polar surface area (TPSA) is 114 Å². The third-order valence-electron chi connectivity index (χ3n) is 8.19. The summed E-state index contributed by atoms with van der Waals surface area (Å²) in [6, 6.07) is 27.1. The van der Waals surface area contributed by atoms with Crippen LogP contribution >= 0.6 is 0 Å². The molecule has 0 saturated carbocycles. The number of rotatable bonds is 18. The van der Waals surface area contributed by atoms with Crippen molar-refractivity contribution >= 4 is 27.5 Å². The van der Waals surface area contributed by atoms with Gasteiger partial charge in [0, 0.05) is 25.6 Å². The molecule has 0 aliphatic heterocycles. The molecule has 0 fully saturated rings. The fourth-order valence-electron chi connectivity index (χ4n) is 5.58. The van der Waals surface area contributed by atoms with Crippen LogP contribution in [0.3, 0.4) is 0 Å². The van der Waals surface area contributed by atoms with Gasteiger partial charge in [-0.1, -0.05) is 73.5 Å². The van der Waals surface area contributed by atoms with Crippen LogP contribution in [0.1, 0.15) is 43.4 Å². The van der Waals surface area contributed by atoms with E-state index in [1.165, 1.54) is 37.3 Å². The number of unbranched alkanes of at least 4 members (excludes halogenated alkanes) is 1. The van der Waals surface area contributed by atoms with Crippen LogP contribution in [-0.4, -0.2) is 65.1 Å². The first-order valence-corrected chi connectivity index (χ1v) is 18.2. The molecule has 0 spiro atoms. The van der Waals surface area contributed by atoms with Gasteiger partial charge in [-0.05, 0) is 67.8 Å². The van der Waals surface area contributed by atoms with Gasteiger partial charge in [0.05, 0.1) is 31.4 Å². The summed E-state index contributed by atoms with van der Waals surface area (Å²) in [4.78, 5) is 30.1. The molecule has 10 nitrogen and oxygen atoms in total. The number of aryl methyl sites for hydroxylation is 1. The number of ether oxygens (including phenoxy) is 3. The summed E-state index contributed by atoms with van der Waals surface area (Å²) in [7, 11) is -1.48. The number of hydrogen-bond donors (Lipinski definition) is 1. The minimum Gasteiger partial charge on any atom is -0.494 e. The van der Waals surface area contributed by atoms with E-state index in [4.69, 9.17) is 14.2 Å². The molecule has 1 atom stereocenters. The van der Waals surface area contributed by atoms with Crippen molar-refractivity contribution in [1.82, 2.24) is 10.2 Å². The van der Waals surface area contributed by atoms with Crippen LogP contribution in [0.5, 0.6) is 17.2 Å². The molecule has 0 aromatic heterocycles. The molecule has 0 aliphatic carbocycles. The van der Waals surface area contributed by atoms with E-state index in [2.05, 4.69) is 5.32 Å². The minimum atomic E-state index is -4.36. The van der Waals surface area contributed by atoms with E-state index >= 15 is 0 Å². The summed E-state index contributed by atoms with van der Waals surface area (Å²) in [5.74, 6) is 0.282. The molecule has 0 radical (unpaired) electrons. The van der Waals surface area contributed by atoms with Gasteiger partial charge in [0.25, 0.3) is 10.0 Å². The highest BCUT2D eigenvalue weighted by atomic mass is 32.2. The van der Waals surface area contributed by atoms with Crippen molar-refractivity contribution < 1.29 is 32.2 Å². The maximum absolute atomic E-state index is 14.7. The number of methoxy groups -OCH3 is 2. The third-order valence-corrected chi connectivity index (χ3v) is 9.96. The highest BCUT2D eigenvalue weighted by Gasteiger charge is 2.35. The van der Waals surface area contributed by atoms with Crippen molar-refractivity contribution in [2.24, 2.45) is 0 Å². The number of carbonyl (C=O) groups excluding carboxylic acids is 2. The number of carbonyl (C=O) groups is 2. The monoisotopic (exact) mass is 701 g/mol. The van der Waals surface area contributed by atoms with Crippen LogP contribution in [-0.2, 0) is 32.6 Å². The van der Waals surface area contributed by atoms with Crippen LogP contribution in [0.25, 0.3) is 0 Å². The van der Waals surface area contributed by atoms with E-state index in [9.17, 15) is 18.0 Å². The smallest absolute Gasteiger partial charge is 0.264 e. The first kappa shape index (κ1) is 37.8. The van der Waals surface area contributed by atoms with E-state index < -0.39 is 28.5 Å². The molecule has 2 amide bonds. The molecule has 0 unspecified atom stereocenters. The van der Waals surface area contributed by atoms with Gasteiger partial charge in [0.2, 0.25) is 11.8 Å². The Bertz CT molecular complexity index is 1820. The lowest BCUT2D eigenvalue weighted by Crippen LogP contribution is -2.53. The largest absolute Gasteiger partial charge is 0.494 e. The SMILES string of the molecule is CCCCNC(=O)[C@H](Cc1ccccc1)N(Cc1cccc(C)c1)C(=O)CN(c1ccc(OCC)cc1)S(=O)(=O)c1ccc(OC)c(OC)c1. The van der Waals surface area contributed by atoms with Crippen LogP contribution < -0.4 is 23.8 Å². The molecule has 4 aromatic carbocycles. The number of sulfonamides is 1. The summed E-state index contributed by atoms with van der Waals surface area (Å²) in [6.45, 7) is 6.25. The van der Waals surface area contributed by atoms with E-state index in [0.717, 1.165) is 33.8 Å². The van der Waals surface area contributed by atoms with Gasteiger partial charge in [-0.3, -0.25) is 13.9 Å². The molecule has 0 bridgehead atoms. The Morgan fingerprint density at radius 3 is 2.16 bits per heavy atom.